The van der Waals surface area contributed by atoms with Gasteiger partial charge in [-0.25, -0.2) is 0 Å². The molecular formula is C20H21N5O2S. The standard InChI is InChI=1S/C20H21N5O2S/c1-12-7-5-8-13(2)18(12)25-20(22-23-24-25)28-15(4)19(27)21-17-10-6-9-16(11-17)14(3)26/h5-11,15H,1-4H3,(H,21,27)/t15-/m0/s1. The number of hydrogen-bond donors (Lipinski definition) is 1. The van der Waals surface area contributed by atoms with Gasteiger partial charge in [-0.3, -0.25) is 9.59 Å². The molecule has 0 aliphatic rings. The molecule has 1 heterocycles. The number of tetrazole rings is 1. The van der Waals surface area contributed by atoms with Crippen LogP contribution in [0.5, 0.6) is 0 Å². The van der Waals surface area contributed by atoms with Gasteiger partial charge in [0.05, 0.1) is 10.9 Å². The van der Waals surface area contributed by atoms with Crippen molar-refractivity contribution in [3.8, 4) is 5.69 Å². The lowest BCUT2D eigenvalue weighted by Gasteiger charge is -2.14. The summed E-state index contributed by atoms with van der Waals surface area (Å²) in [4.78, 5) is 24.1. The number of amides is 1. The van der Waals surface area contributed by atoms with Gasteiger partial charge in [0, 0.05) is 11.3 Å². The molecule has 0 bridgehead atoms. The zero-order chi connectivity index (χ0) is 20.3. The highest BCUT2D eigenvalue weighted by Crippen LogP contribution is 2.26. The smallest absolute Gasteiger partial charge is 0.237 e. The average Bonchev–Trinajstić information content (AvgIpc) is 3.09. The van der Waals surface area contributed by atoms with Crippen LogP contribution in [0.1, 0.15) is 35.3 Å². The number of nitrogens with zero attached hydrogens (tertiary/aromatic N) is 4. The van der Waals surface area contributed by atoms with Crippen LogP contribution in [0, 0.1) is 13.8 Å². The van der Waals surface area contributed by atoms with Crippen molar-refractivity contribution in [1.82, 2.24) is 20.2 Å². The predicted molar refractivity (Wildman–Crippen MR) is 109 cm³/mol. The Hall–Kier alpha value is -3.00. The van der Waals surface area contributed by atoms with E-state index >= 15 is 0 Å². The largest absolute Gasteiger partial charge is 0.325 e. The highest BCUT2D eigenvalue weighted by atomic mass is 32.2. The number of ketones is 1. The molecule has 28 heavy (non-hydrogen) atoms. The molecule has 0 unspecified atom stereocenters. The number of thioether (sulfide) groups is 1. The number of para-hydroxylation sites is 1. The number of aromatic nitrogens is 4. The quantitative estimate of drug-likeness (QED) is 0.507. The van der Waals surface area contributed by atoms with Gasteiger partial charge < -0.3 is 5.32 Å². The third-order valence-electron chi connectivity index (χ3n) is 4.28. The molecule has 1 N–H and O–H groups in total. The second kappa shape index (κ2) is 8.35. The Morgan fingerprint density at radius 3 is 2.46 bits per heavy atom. The first-order valence-electron chi connectivity index (χ1n) is 8.80. The number of carbonyl (C=O) groups excluding carboxylic acids is 2. The van der Waals surface area contributed by atoms with E-state index in [9.17, 15) is 9.59 Å². The van der Waals surface area contributed by atoms with Crippen LogP contribution >= 0.6 is 11.8 Å². The van der Waals surface area contributed by atoms with Gasteiger partial charge >= 0.3 is 0 Å². The molecule has 1 amide bonds. The van der Waals surface area contributed by atoms with E-state index in [-0.39, 0.29) is 11.7 Å². The maximum absolute atomic E-state index is 12.6. The van der Waals surface area contributed by atoms with Crippen LogP contribution in [0.3, 0.4) is 0 Å². The SMILES string of the molecule is CC(=O)c1cccc(NC(=O)[C@H](C)Sc2nnnn2-c2c(C)cccc2C)c1. The van der Waals surface area contributed by atoms with Crippen molar-refractivity contribution in [2.45, 2.75) is 38.1 Å². The fourth-order valence-corrected chi connectivity index (χ4v) is 3.60. The monoisotopic (exact) mass is 395 g/mol. The number of carbonyl (C=O) groups is 2. The first kappa shape index (κ1) is 19.8. The van der Waals surface area contributed by atoms with Gasteiger partial charge in [0.1, 0.15) is 0 Å². The molecule has 0 spiro atoms. The molecule has 3 aromatic rings. The minimum atomic E-state index is -0.435. The van der Waals surface area contributed by atoms with E-state index in [1.165, 1.54) is 18.7 Å². The maximum Gasteiger partial charge on any atom is 0.237 e. The number of nitrogens with one attached hydrogen (secondary N) is 1. The lowest BCUT2D eigenvalue weighted by atomic mass is 10.1. The van der Waals surface area contributed by atoms with E-state index in [1.807, 2.05) is 32.0 Å². The van der Waals surface area contributed by atoms with Crippen molar-refractivity contribution in [1.29, 1.82) is 0 Å². The third kappa shape index (κ3) is 4.28. The van der Waals surface area contributed by atoms with Crippen LogP contribution in [-0.4, -0.2) is 37.1 Å². The molecule has 3 rings (SSSR count). The summed E-state index contributed by atoms with van der Waals surface area (Å²) in [6.07, 6.45) is 0. The zero-order valence-electron chi connectivity index (χ0n) is 16.1. The molecule has 2 aromatic carbocycles. The third-order valence-corrected chi connectivity index (χ3v) is 5.31. The molecule has 8 heteroatoms. The second-order valence-electron chi connectivity index (χ2n) is 6.50. The molecule has 0 aliphatic heterocycles. The Balaban J connectivity index is 1.76. The molecule has 1 aromatic heterocycles. The fourth-order valence-electron chi connectivity index (χ4n) is 2.80. The summed E-state index contributed by atoms with van der Waals surface area (Å²) >= 11 is 1.27. The molecule has 144 valence electrons. The Kier molecular flexibility index (Phi) is 5.89. The summed E-state index contributed by atoms with van der Waals surface area (Å²) in [6, 6.07) is 12.9. The first-order valence-corrected chi connectivity index (χ1v) is 9.68. The number of rotatable bonds is 6. The molecule has 0 saturated carbocycles. The van der Waals surface area contributed by atoms with Crippen LogP contribution in [0.25, 0.3) is 5.69 Å². The molecule has 0 radical (unpaired) electrons. The van der Waals surface area contributed by atoms with Crippen molar-refractivity contribution >= 4 is 29.1 Å². The molecular weight excluding hydrogens is 374 g/mol. The molecule has 0 aliphatic carbocycles. The summed E-state index contributed by atoms with van der Waals surface area (Å²) in [7, 11) is 0. The van der Waals surface area contributed by atoms with E-state index in [2.05, 4.69) is 20.8 Å². The van der Waals surface area contributed by atoms with E-state index in [0.29, 0.717) is 16.4 Å². The van der Waals surface area contributed by atoms with Crippen LogP contribution < -0.4 is 5.32 Å². The molecule has 1 atom stereocenters. The summed E-state index contributed by atoms with van der Waals surface area (Å²) in [5.74, 6) is -0.243. The van der Waals surface area contributed by atoms with Gasteiger partial charge in [-0.15, -0.1) is 5.10 Å². The fraction of sp³-hybridized carbons (Fsp3) is 0.250. The Bertz CT molecular complexity index is 1010. The van der Waals surface area contributed by atoms with Gasteiger partial charge in [-0.1, -0.05) is 42.1 Å². The Morgan fingerprint density at radius 1 is 1.11 bits per heavy atom. The number of hydrogen-bond acceptors (Lipinski definition) is 6. The van der Waals surface area contributed by atoms with Gasteiger partial charge in [-0.05, 0) is 61.4 Å². The van der Waals surface area contributed by atoms with Crippen molar-refractivity contribution in [3.63, 3.8) is 0 Å². The number of Topliss-reactive ketones (excluding diaryl/α,β-unsaturated/α-hetero) is 1. The van der Waals surface area contributed by atoms with E-state index < -0.39 is 5.25 Å². The normalized spacial score (nSPS) is 11.9. The Morgan fingerprint density at radius 2 is 1.79 bits per heavy atom. The molecule has 0 saturated heterocycles. The molecule has 0 fully saturated rings. The lowest BCUT2D eigenvalue weighted by molar-refractivity contribution is -0.115. The molecule has 7 nitrogen and oxygen atoms in total. The summed E-state index contributed by atoms with van der Waals surface area (Å²) in [6.45, 7) is 7.28. The zero-order valence-corrected chi connectivity index (χ0v) is 16.9. The van der Waals surface area contributed by atoms with Gasteiger partial charge in [0.15, 0.2) is 5.78 Å². The van der Waals surface area contributed by atoms with E-state index in [1.54, 1.807) is 35.9 Å². The highest BCUT2D eigenvalue weighted by Gasteiger charge is 2.21. The van der Waals surface area contributed by atoms with E-state index in [4.69, 9.17) is 0 Å². The van der Waals surface area contributed by atoms with Crippen molar-refractivity contribution in [2.24, 2.45) is 0 Å². The Labute approximate surface area is 167 Å². The summed E-state index contributed by atoms with van der Waals surface area (Å²) in [5, 5.41) is 14.9. The first-order chi connectivity index (χ1) is 13.4. The minimum Gasteiger partial charge on any atom is -0.325 e. The van der Waals surface area contributed by atoms with E-state index in [0.717, 1.165) is 16.8 Å². The van der Waals surface area contributed by atoms with Crippen molar-refractivity contribution in [2.75, 3.05) is 5.32 Å². The predicted octanol–water partition coefficient (Wildman–Crippen LogP) is 3.60. The van der Waals surface area contributed by atoms with Crippen LogP contribution in [0.2, 0.25) is 0 Å². The number of aryl methyl sites for hydroxylation is 2. The average molecular weight is 395 g/mol. The van der Waals surface area contributed by atoms with Gasteiger partial charge in [0.2, 0.25) is 11.1 Å². The van der Waals surface area contributed by atoms with Crippen LogP contribution in [0.4, 0.5) is 5.69 Å². The van der Waals surface area contributed by atoms with Crippen LogP contribution in [0.15, 0.2) is 47.6 Å². The topological polar surface area (TPSA) is 89.8 Å². The van der Waals surface area contributed by atoms with Crippen LogP contribution in [-0.2, 0) is 4.79 Å². The lowest BCUT2D eigenvalue weighted by Crippen LogP contribution is -2.23. The van der Waals surface area contributed by atoms with Crippen molar-refractivity contribution in [3.05, 3.63) is 59.2 Å². The second-order valence-corrected chi connectivity index (χ2v) is 7.81. The summed E-state index contributed by atoms with van der Waals surface area (Å²) < 4.78 is 1.66. The van der Waals surface area contributed by atoms with Gasteiger partial charge in [0.25, 0.3) is 0 Å². The van der Waals surface area contributed by atoms with Crippen molar-refractivity contribution < 1.29 is 9.59 Å². The van der Waals surface area contributed by atoms with Gasteiger partial charge in [-0.2, -0.15) is 4.68 Å². The minimum absolute atomic E-state index is 0.0497. The highest BCUT2D eigenvalue weighted by molar-refractivity contribution is 8.00. The summed E-state index contributed by atoms with van der Waals surface area (Å²) in [5.41, 5.74) is 4.15. The number of benzene rings is 2. The number of anilines is 1. The maximum atomic E-state index is 12.6.